The standard InChI is InChI=1S/C31H31N11O8S2.2Na/c43-28(37-21-3-1-5-23(17-21)39-30-34-11-9-26(41-30)32-13-15-51-50-49-45)20-7-8-25(36-19-20)29(44)38-22-4-2-6-24(18-22)40-31-35-12-10-27(42-31)33-14-16-52(46,47)48;;/h1-12,17-19,45H,13-16H2,(H,37,43)(H,38,44)(H,46,47,48)(H2,32,34,39,41)(H2,33,35,40,42);;/q;2*+1/p-2. The Kier molecular flexibility index (Phi) is 18.4. The van der Waals surface area contributed by atoms with Crippen LogP contribution in [0, 0.1) is 0 Å². The maximum atomic E-state index is 13.0. The molecule has 2 aromatic carbocycles. The van der Waals surface area contributed by atoms with E-state index in [0.29, 0.717) is 52.6 Å². The van der Waals surface area contributed by atoms with E-state index in [2.05, 4.69) is 66.2 Å². The van der Waals surface area contributed by atoms with Gasteiger partial charge in [0.15, 0.2) is 0 Å². The Morgan fingerprint density at radius 1 is 0.722 bits per heavy atom. The van der Waals surface area contributed by atoms with Gasteiger partial charge in [-0.3, -0.25) is 19.6 Å². The smallest absolute Gasteiger partial charge is 0.748 e. The molecule has 0 saturated heterocycles. The van der Waals surface area contributed by atoms with Gasteiger partial charge in [-0.1, -0.05) is 12.1 Å². The predicted octanol–water partition coefficient (Wildman–Crippen LogP) is -3.10. The van der Waals surface area contributed by atoms with Crippen LogP contribution in [-0.4, -0.2) is 74.3 Å². The predicted molar refractivity (Wildman–Crippen MR) is 190 cm³/mol. The molecule has 0 aliphatic heterocycles. The second-order valence-corrected chi connectivity index (χ2v) is 12.7. The van der Waals surface area contributed by atoms with E-state index in [1.807, 2.05) is 0 Å². The first kappa shape index (κ1) is 44.4. The molecule has 6 N–H and O–H groups in total. The molecule has 0 atom stereocenters. The van der Waals surface area contributed by atoms with E-state index in [9.17, 15) is 27.8 Å². The average Bonchev–Trinajstić information content (AvgIpc) is 3.12. The molecule has 0 aliphatic carbocycles. The average molecular weight is 794 g/mol. The van der Waals surface area contributed by atoms with Crippen molar-refractivity contribution in [1.82, 2.24) is 24.9 Å². The monoisotopic (exact) mass is 793 g/mol. The molecular weight excluding hydrogens is 765 g/mol. The fourth-order valence-electron chi connectivity index (χ4n) is 4.28. The van der Waals surface area contributed by atoms with Crippen LogP contribution in [0.5, 0.6) is 0 Å². The Hall–Kier alpha value is -3.97. The molecule has 0 saturated carbocycles. The molecule has 270 valence electrons. The van der Waals surface area contributed by atoms with E-state index in [1.54, 1.807) is 60.8 Å². The summed E-state index contributed by atoms with van der Waals surface area (Å²) in [5.74, 6) is 0.253. The van der Waals surface area contributed by atoms with Crippen molar-refractivity contribution in [1.29, 1.82) is 0 Å². The van der Waals surface area contributed by atoms with Crippen LogP contribution in [0.15, 0.2) is 91.4 Å². The zero-order valence-corrected chi connectivity index (χ0v) is 34.4. The summed E-state index contributed by atoms with van der Waals surface area (Å²) in [6, 6.07) is 19.7. The van der Waals surface area contributed by atoms with E-state index < -0.39 is 27.7 Å². The summed E-state index contributed by atoms with van der Waals surface area (Å²) in [6.45, 7) is 0.347. The molecule has 19 nitrogen and oxygen atoms in total. The summed E-state index contributed by atoms with van der Waals surface area (Å²) in [4.78, 5) is 47.0. The number of carbonyl (C=O) groups excluding carboxylic acids is 2. The SMILES string of the molecule is O=C(Nc1cccc(Nc2nccc(NCCSOO[O-])n2)c1)c1ccc(C(=O)Nc2cccc(Nc3nccc(NCCS(=O)(=O)[O-])n3)c2)nc1.[Na+].[Na+]. The fraction of sp³-hybridized carbons (Fsp3) is 0.129. The van der Waals surface area contributed by atoms with Gasteiger partial charge in [0.1, 0.15) is 17.3 Å². The van der Waals surface area contributed by atoms with Crippen molar-refractivity contribution in [2.75, 3.05) is 56.5 Å². The van der Waals surface area contributed by atoms with Gasteiger partial charge in [-0.05, 0) is 60.7 Å². The third kappa shape index (κ3) is 15.0. The molecule has 0 unspecified atom stereocenters. The number of nitrogens with one attached hydrogen (secondary N) is 6. The second-order valence-electron chi connectivity index (χ2n) is 10.4. The summed E-state index contributed by atoms with van der Waals surface area (Å²) in [7, 11) is -4.36. The molecule has 3 aromatic heterocycles. The Bertz CT molecular complexity index is 2110. The van der Waals surface area contributed by atoms with Gasteiger partial charge in [-0.15, -0.1) is 0 Å². The van der Waals surface area contributed by atoms with Crippen molar-refractivity contribution >= 4 is 80.3 Å². The first-order valence-electron chi connectivity index (χ1n) is 15.1. The zero-order chi connectivity index (χ0) is 36.8. The molecule has 0 radical (unpaired) electrons. The molecule has 23 heteroatoms. The topological polar surface area (TPSA) is 269 Å². The number of carbonyl (C=O) groups is 2. The number of aromatic nitrogens is 5. The van der Waals surface area contributed by atoms with Crippen molar-refractivity contribution in [3.8, 4) is 0 Å². The summed E-state index contributed by atoms with van der Waals surface area (Å²) < 4.78 is 36.7. The maximum absolute atomic E-state index is 13.0. The van der Waals surface area contributed by atoms with Crippen molar-refractivity contribution in [3.05, 3.63) is 103 Å². The van der Waals surface area contributed by atoms with Crippen LogP contribution in [0.4, 0.5) is 46.3 Å². The van der Waals surface area contributed by atoms with E-state index in [4.69, 9.17) is 0 Å². The third-order valence-electron chi connectivity index (χ3n) is 6.55. The number of amides is 2. The third-order valence-corrected chi connectivity index (χ3v) is 7.77. The Morgan fingerprint density at radius 3 is 1.81 bits per heavy atom. The van der Waals surface area contributed by atoms with Gasteiger partial charge in [0, 0.05) is 72.2 Å². The number of pyridine rings is 1. The van der Waals surface area contributed by atoms with E-state index in [1.165, 1.54) is 30.6 Å². The maximum Gasteiger partial charge on any atom is 1.00 e. The van der Waals surface area contributed by atoms with Crippen molar-refractivity contribution in [2.45, 2.75) is 0 Å². The van der Waals surface area contributed by atoms with Gasteiger partial charge in [-0.2, -0.15) is 14.3 Å². The number of hydrogen-bond acceptors (Lipinski definition) is 18. The van der Waals surface area contributed by atoms with Crippen molar-refractivity contribution in [2.24, 2.45) is 0 Å². The minimum atomic E-state index is -4.36. The minimum absolute atomic E-state index is 0. The van der Waals surface area contributed by atoms with Gasteiger partial charge >= 0.3 is 59.1 Å². The van der Waals surface area contributed by atoms with E-state index in [-0.39, 0.29) is 82.9 Å². The summed E-state index contributed by atoms with van der Waals surface area (Å²) in [5.41, 5.74) is 2.37. The normalized spacial score (nSPS) is 10.6. The van der Waals surface area contributed by atoms with Gasteiger partial charge in [0.2, 0.25) is 11.9 Å². The van der Waals surface area contributed by atoms with E-state index >= 15 is 0 Å². The summed E-state index contributed by atoms with van der Waals surface area (Å²) in [5, 5.41) is 30.6. The van der Waals surface area contributed by atoms with E-state index in [0.717, 1.165) is 12.0 Å². The molecule has 0 bridgehead atoms. The van der Waals surface area contributed by atoms with Crippen LogP contribution < -0.4 is 96.3 Å². The second kappa shape index (κ2) is 22.4. The molecule has 2 amide bonds. The van der Waals surface area contributed by atoms with Crippen LogP contribution >= 0.6 is 12.0 Å². The summed E-state index contributed by atoms with van der Waals surface area (Å²) in [6.07, 6.45) is 4.31. The van der Waals surface area contributed by atoms with Crippen LogP contribution in [-0.2, 0) is 19.5 Å². The number of benzene rings is 2. The Morgan fingerprint density at radius 2 is 1.28 bits per heavy atom. The molecule has 5 rings (SSSR count). The number of anilines is 8. The molecule has 54 heavy (non-hydrogen) atoms. The molecule has 0 aliphatic rings. The van der Waals surface area contributed by atoms with Crippen LogP contribution in [0.25, 0.3) is 0 Å². The molecule has 0 spiro atoms. The first-order valence-corrected chi connectivity index (χ1v) is 17.6. The minimum Gasteiger partial charge on any atom is -0.748 e. The zero-order valence-electron chi connectivity index (χ0n) is 28.8. The van der Waals surface area contributed by atoms with Gasteiger partial charge in [0.05, 0.1) is 21.4 Å². The quantitative estimate of drug-likeness (QED) is 0.0128. The fourth-order valence-corrected chi connectivity index (χ4v) is 4.93. The largest absolute Gasteiger partial charge is 1.00 e. The van der Waals surface area contributed by atoms with Gasteiger partial charge in [-0.25, -0.2) is 18.4 Å². The van der Waals surface area contributed by atoms with Crippen LogP contribution in [0.2, 0.25) is 0 Å². The van der Waals surface area contributed by atoms with Crippen LogP contribution in [0.3, 0.4) is 0 Å². The van der Waals surface area contributed by atoms with Crippen molar-refractivity contribution in [3.63, 3.8) is 0 Å². The Labute approximate surface area is 357 Å². The number of hydrogen-bond donors (Lipinski definition) is 6. The van der Waals surface area contributed by atoms with Crippen molar-refractivity contribution < 1.29 is 96.3 Å². The van der Waals surface area contributed by atoms with Crippen LogP contribution in [0.1, 0.15) is 20.8 Å². The first-order chi connectivity index (χ1) is 25.1. The van der Waals surface area contributed by atoms with Gasteiger partial charge in [0.25, 0.3) is 11.8 Å². The summed E-state index contributed by atoms with van der Waals surface area (Å²) >= 11 is 0.854. The van der Waals surface area contributed by atoms with Gasteiger partial charge < -0.3 is 41.7 Å². The number of rotatable bonds is 18. The number of nitrogens with zero attached hydrogens (tertiary/aromatic N) is 5. The molecule has 0 fully saturated rings. The molecular formula is C31H29N11Na2O8S2. The Balaban J connectivity index is 0.00000392. The molecule has 3 heterocycles. The molecule has 5 aromatic rings.